The summed E-state index contributed by atoms with van der Waals surface area (Å²) in [5.74, 6) is 0.0213. The van der Waals surface area contributed by atoms with E-state index >= 15 is 0 Å². The molecule has 6 nitrogen and oxygen atoms in total. The lowest BCUT2D eigenvalue weighted by Gasteiger charge is -2.12. The second kappa shape index (κ2) is 7.11. The molecule has 0 aromatic heterocycles. The van der Waals surface area contributed by atoms with E-state index in [-0.39, 0.29) is 12.3 Å². The van der Waals surface area contributed by atoms with Crippen molar-refractivity contribution in [3.63, 3.8) is 0 Å². The first-order valence-corrected chi connectivity index (χ1v) is 7.18. The van der Waals surface area contributed by atoms with E-state index in [0.29, 0.717) is 16.5 Å². The molecule has 2 aromatic rings. The third kappa shape index (κ3) is 4.43. The van der Waals surface area contributed by atoms with Crippen molar-refractivity contribution in [2.24, 2.45) is 0 Å². The highest BCUT2D eigenvalue weighted by molar-refractivity contribution is 6.32. The molecule has 0 aliphatic rings. The Morgan fingerprint density at radius 3 is 2.70 bits per heavy atom. The summed E-state index contributed by atoms with van der Waals surface area (Å²) in [7, 11) is 0. The van der Waals surface area contributed by atoms with Crippen molar-refractivity contribution in [3.05, 3.63) is 62.7 Å². The molecule has 0 spiro atoms. The average molecular weight is 335 g/mol. The fraction of sp³-hybridized carbons (Fsp3) is 0.188. The van der Waals surface area contributed by atoms with E-state index in [9.17, 15) is 14.9 Å². The lowest BCUT2D eigenvalue weighted by Crippen LogP contribution is -2.20. The molecule has 0 unspecified atom stereocenters. The number of carbonyl (C=O) groups excluding carboxylic acids is 1. The number of nitro groups is 1. The first-order valence-electron chi connectivity index (χ1n) is 6.80. The molecule has 2 aromatic carbocycles. The summed E-state index contributed by atoms with van der Waals surface area (Å²) < 4.78 is 5.46. The van der Waals surface area contributed by atoms with Gasteiger partial charge in [0.1, 0.15) is 5.75 Å². The molecule has 0 bridgehead atoms. The quantitative estimate of drug-likeness (QED) is 0.664. The van der Waals surface area contributed by atoms with E-state index < -0.39 is 10.8 Å². The van der Waals surface area contributed by atoms with Gasteiger partial charge in [-0.2, -0.15) is 0 Å². The summed E-state index contributed by atoms with van der Waals surface area (Å²) in [6, 6.07) is 9.34. The van der Waals surface area contributed by atoms with Gasteiger partial charge in [0.15, 0.2) is 6.61 Å². The van der Waals surface area contributed by atoms with Crippen LogP contribution in [0.5, 0.6) is 5.75 Å². The Morgan fingerprint density at radius 2 is 2.04 bits per heavy atom. The SMILES string of the molecule is Cc1cc(C)c(OCC(=O)Nc2cccc([N+](=O)[O-])c2)c(Cl)c1. The summed E-state index contributed by atoms with van der Waals surface area (Å²) in [6.07, 6.45) is 0. The lowest BCUT2D eigenvalue weighted by atomic mass is 10.1. The fourth-order valence-corrected chi connectivity index (χ4v) is 2.49. The molecule has 1 N–H and O–H groups in total. The molecule has 0 fully saturated rings. The fourth-order valence-electron chi connectivity index (χ4n) is 2.12. The van der Waals surface area contributed by atoms with Gasteiger partial charge in [-0.15, -0.1) is 0 Å². The van der Waals surface area contributed by atoms with Crippen LogP contribution in [0, 0.1) is 24.0 Å². The molecule has 0 saturated heterocycles. The van der Waals surface area contributed by atoms with Crippen molar-refractivity contribution in [2.45, 2.75) is 13.8 Å². The van der Waals surface area contributed by atoms with Gasteiger partial charge in [-0.1, -0.05) is 23.7 Å². The Labute approximate surface area is 138 Å². The Hall–Kier alpha value is -2.60. The second-order valence-electron chi connectivity index (χ2n) is 5.04. The van der Waals surface area contributed by atoms with Gasteiger partial charge in [0.2, 0.25) is 0 Å². The number of hydrogen-bond donors (Lipinski definition) is 1. The molecule has 0 saturated carbocycles. The van der Waals surface area contributed by atoms with Crippen LogP contribution in [0.25, 0.3) is 0 Å². The predicted octanol–water partition coefficient (Wildman–Crippen LogP) is 3.88. The maximum atomic E-state index is 11.9. The number of amides is 1. The highest BCUT2D eigenvalue weighted by Crippen LogP contribution is 2.29. The molecule has 0 aliphatic heterocycles. The Morgan fingerprint density at radius 1 is 1.30 bits per heavy atom. The monoisotopic (exact) mass is 334 g/mol. The molecule has 1 amide bonds. The Balaban J connectivity index is 2.01. The third-order valence-electron chi connectivity index (χ3n) is 3.06. The van der Waals surface area contributed by atoms with E-state index in [1.54, 1.807) is 12.1 Å². The molecule has 0 atom stereocenters. The largest absolute Gasteiger partial charge is 0.482 e. The molecular weight excluding hydrogens is 320 g/mol. The molecular formula is C16H15ClN2O4. The molecule has 0 aliphatic carbocycles. The number of ether oxygens (including phenoxy) is 1. The van der Waals surface area contributed by atoms with Crippen LogP contribution in [-0.2, 0) is 4.79 Å². The molecule has 0 radical (unpaired) electrons. The van der Waals surface area contributed by atoms with Gasteiger partial charge in [-0.3, -0.25) is 14.9 Å². The van der Waals surface area contributed by atoms with Crippen LogP contribution in [0.2, 0.25) is 5.02 Å². The Bertz CT molecular complexity index is 738. The summed E-state index contributed by atoms with van der Waals surface area (Å²) in [4.78, 5) is 22.1. The first-order chi connectivity index (χ1) is 10.9. The average Bonchev–Trinajstić information content (AvgIpc) is 2.46. The van der Waals surface area contributed by atoms with Gasteiger partial charge in [-0.05, 0) is 37.1 Å². The van der Waals surface area contributed by atoms with Gasteiger partial charge in [0, 0.05) is 17.8 Å². The molecule has 23 heavy (non-hydrogen) atoms. The van der Waals surface area contributed by atoms with E-state index in [1.807, 2.05) is 19.9 Å². The number of rotatable bonds is 5. The summed E-state index contributed by atoms with van der Waals surface area (Å²) in [5.41, 5.74) is 2.07. The van der Waals surface area contributed by atoms with Gasteiger partial charge in [-0.25, -0.2) is 0 Å². The van der Waals surface area contributed by atoms with Crippen LogP contribution in [0.4, 0.5) is 11.4 Å². The number of hydrogen-bond acceptors (Lipinski definition) is 4. The molecule has 2 rings (SSSR count). The zero-order valence-electron chi connectivity index (χ0n) is 12.6. The van der Waals surface area contributed by atoms with Crippen molar-refractivity contribution >= 4 is 28.9 Å². The van der Waals surface area contributed by atoms with E-state index in [0.717, 1.165) is 11.1 Å². The number of aryl methyl sites for hydroxylation is 2. The zero-order valence-corrected chi connectivity index (χ0v) is 13.4. The van der Waals surface area contributed by atoms with Gasteiger partial charge < -0.3 is 10.1 Å². The lowest BCUT2D eigenvalue weighted by molar-refractivity contribution is -0.384. The zero-order chi connectivity index (χ0) is 17.0. The molecule has 7 heteroatoms. The van der Waals surface area contributed by atoms with Crippen LogP contribution in [0.1, 0.15) is 11.1 Å². The summed E-state index contributed by atoms with van der Waals surface area (Å²) >= 11 is 6.10. The van der Waals surface area contributed by atoms with Gasteiger partial charge in [0.05, 0.1) is 9.95 Å². The predicted molar refractivity (Wildman–Crippen MR) is 88.1 cm³/mol. The topological polar surface area (TPSA) is 81.5 Å². The maximum Gasteiger partial charge on any atom is 0.271 e. The van der Waals surface area contributed by atoms with Crippen molar-refractivity contribution in [1.29, 1.82) is 0 Å². The molecule has 120 valence electrons. The number of carbonyl (C=O) groups is 1. The van der Waals surface area contributed by atoms with Crippen LogP contribution in [0.3, 0.4) is 0 Å². The number of benzene rings is 2. The van der Waals surface area contributed by atoms with E-state index in [4.69, 9.17) is 16.3 Å². The smallest absolute Gasteiger partial charge is 0.271 e. The number of nitro benzene ring substituents is 1. The summed E-state index contributed by atoms with van der Waals surface area (Å²) in [6.45, 7) is 3.51. The van der Waals surface area contributed by atoms with Crippen molar-refractivity contribution in [2.75, 3.05) is 11.9 Å². The van der Waals surface area contributed by atoms with Crippen LogP contribution >= 0.6 is 11.6 Å². The minimum atomic E-state index is -0.526. The van der Waals surface area contributed by atoms with Crippen LogP contribution in [-0.4, -0.2) is 17.4 Å². The van der Waals surface area contributed by atoms with Crippen molar-refractivity contribution in [3.8, 4) is 5.75 Å². The van der Waals surface area contributed by atoms with Crippen molar-refractivity contribution in [1.82, 2.24) is 0 Å². The van der Waals surface area contributed by atoms with Crippen molar-refractivity contribution < 1.29 is 14.5 Å². The summed E-state index contributed by atoms with van der Waals surface area (Å²) in [5, 5.41) is 13.7. The van der Waals surface area contributed by atoms with E-state index in [1.165, 1.54) is 18.2 Å². The standard InChI is InChI=1S/C16H15ClN2O4/c1-10-6-11(2)16(14(17)7-10)23-9-15(20)18-12-4-3-5-13(8-12)19(21)22/h3-8H,9H2,1-2H3,(H,18,20). The Kier molecular flexibility index (Phi) is 5.18. The molecule has 0 heterocycles. The normalized spacial score (nSPS) is 10.2. The highest BCUT2D eigenvalue weighted by atomic mass is 35.5. The second-order valence-corrected chi connectivity index (χ2v) is 5.44. The number of nitrogens with zero attached hydrogens (tertiary/aromatic N) is 1. The maximum absolute atomic E-state index is 11.9. The van der Waals surface area contributed by atoms with Gasteiger partial charge in [0.25, 0.3) is 11.6 Å². The third-order valence-corrected chi connectivity index (χ3v) is 3.34. The number of non-ortho nitro benzene ring substituents is 1. The minimum absolute atomic E-state index is 0.0962. The van der Waals surface area contributed by atoms with Gasteiger partial charge >= 0.3 is 0 Å². The minimum Gasteiger partial charge on any atom is -0.482 e. The number of nitrogens with one attached hydrogen (secondary N) is 1. The van der Waals surface area contributed by atoms with E-state index in [2.05, 4.69) is 5.32 Å². The highest BCUT2D eigenvalue weighted by Gasteiger charge is 2.11. The first kappa shape index (κ1) is 16.8. The van der Waals surface area contributed by atoms with Crippen LogP contribution < -0.4 is 10.1 Å². The number of anilines is 1. The van der Waals surface area contributed by atoms with Crippen LogP contribution in [0.15, 0.2) is 36.4 Å². The number of halogens is 1.